The highest BCUT2D eigenvalue weighted by atomic mass is 16.5. The maximum atomic E-state index is 14.3. The number of allylic oxidation sites excluding steroid dienone is 2. The number of rotatable bonds is 15. The van der Waals surface area contributed by atoms with Gasteiger partial charge >= 0.3 is 11.9 Å². The number of likely N-dealkylation sites (N-methyl/N-ethyl adjacent to an activating group) is 1. The fourth-order valence-electron chi connectivity index (χ4n) is 7.17. The number of aliphatic imine (C=N–C) groups is 1. The summed E-state index contributed by atoms with van der Waals surface area (Å²) >= 11 is 0. The number of carbonyl (C=O) groups excluding carboxylic acids is 7. The van der Waals surface area contributed by atoms with E-state index in [9.17, 15) is 53.4 Å². The van der Waals surface area contributed by atoms with Gasteiger partial charge in [-0.15, -0.1) is 0 Å². The molecule has 1 aromatic rings. The molecule has 7 amide bonds. The lowest BCUT2D eigenvalue weighted by atomic mass is 9.96. The van der Waals surface area contributed by atoms with Gasteiger partial charge in [-0.1, -0.05) is 95.8 Å². The summed E-state index contributed by atoms with van der Waals surface area (Å²) in [6, 6.07) is 0.986. The second-order valence-corrected chi connectivity index (χ2v) is 17.8. The van der Waals surface area contributed by atoms with Crippen LogP contribution in [0.5, 0.6) is 0 Å². The third-order valence-electron chi connectivity index (χ3n) is 11.7. The lowest BCUT2D eigenvalue weighted by Crippen LogP contribution is -2.59. The zero-order chi connectivity index (χ0) is 52.8. The molecular formula is C48H72N10O12. The normalized spacial score (nSPS) is 25.4. The van der Waals surface area contributed by atoms with Gasteiger partial charge in [0.2, 0.25) is 35.4 Å². The molecule has 1 heterocycles. The molecule has 22 heteroatoms. The van der Waals surface area contributed by atoms with Crippen LogP contribution in [0.15, 0.2) is 71.9 Å². The number of carboxylic acid groups (broad SMARTS) is 2. The standard InChI is InChI=1S/C48H72N10O12/c1-26(2)24-36-45(65)57-39(47(68)69)29(5)41(61)54-34(20-15-23-51-48(49)50)44(64)53-33(19-14-13-16-27(3)37(70-9)25-32-17-11-10-12-18-32)28(4)40(60)55-35(46(66)67)21-22-38(59)58(8)31(7)43(63)52-30(6)42(62)56-36/h10-14,16-19,26-30,33-37,39H,7,15,20-25H2,1-6,8-9H3,(H,52,63)(H,53,64)(H,54,61)(H,55,60)(H,56,62)(H,57,65)(H,66,67)(H,68,69)(H4,49,50,51)/b16-13+,19-14+/t27-,28-,29-,30+,33-,34?,35+,36?,37-,39?/m0/s1. The maximum Gasteiger partial charge on any atom is 0.327 e. The van der Waals surface area contributed by atoms with Crippen LogP contribution in [0.2, 0.25) is 0 Å². The Hall–Kier alpha value is -7.10. The van der Waals surface area contributed by atoms with Crippen LogP contribution in [0.3, 0.4) is 0 Å². The first kappa shape index (κ1) is 59.0. The van der Waals surface area contributed by atoms with Crippen molar-refractivity contribution in [1.29, 1.82) is 0 Å². The molecule has 0 radical (unpaired) electrons. The molecule has 1 aromatic carbocycles. The van der Waals surface area contributed by atoms with E-state index in [2.05, 4.69) is 43.5 Å². The number of carboxylic acids is 2. The van der Waals surface area contributed by atoms with Gasteiger partial charge in [-0.2, -0.15) is 0 Å². The molecule has 0 aromatic heterocycles. The molecule has 0 aliphatic carbocycles. The largest absolute Gasteiger partial charge is 0.480 e. The van der Waals surface area contributed by atoms with Gasteiger partial charge in [0.15, 0.2) is 5.96 Å². The molecule has 22 nitrogen and oxygen atoms in total. The first-order valence-electron chi connectivity index (χ1n) is 23.1. The second kappa shape index (κ2) is 29.0. The first-order valence-corrected chi connectivity index (χ1v) is 23.1. The number of benzene rings is 1. The summed E-state index contributed by atoms with van der Waals surface area (Å²) in [6.45, 7) is 13.0. The Kier molecular flexibility index (Phi) is 24.5. The Bertz CT molecular complexity index is 2110. The van der Waals surface area contributed by atoms with Crippen LogP contribution in [0.4, 0.5) is 0 Å². The van der Waals surface area contributed by atoms with Crippen LogP contribution in [-0.2, 0) is 54.3 Å². The van der Waals surface area contributed by atoms with Gasteiger partial charge in [0.05, 0.1) is 24.0 Å². The molecule has 3 unspecified atom stereocenters. The van der Waals surface area contributed by atoms with Crippen molar-refractivity contribution in [2.45, 2.75) is 122 Å². The van der Waals surface area contributed by atoms with Crippen molar-refractivity contribution in [3.63, 3.8) is 0 Å². The summed E-state index contributed by atoms with van der Waals surface area (Å²) in [5.41, 5.74) is 11.6. The number of methoxy groups -OCH3 is 1. The zero-order valence-electron chi connectivity index (χ0n) is 41.2. The molecular weight excluding hydrogens is 909 g/mol. The molecule has 0 saturated carbocycles. The zero-order valence-corrected chi connectivity index (χ0v) is 41.2. The minimum Gasteiger partial charge on any atom is -0.480 e. The Morgan fingerprint density at radius 1 is 0.829 bits per heavy atom. The van der Waals surface area contributed by atoms with E-state index in [1.165, 1.54) is 33.9 Å². The number of guanidine groups is 1. The minimum atomic E-state index is -1.88. The Morgan fingerprint density at radius 3 is 2.03 bits per heavy atom. The molecule has 1 aliphatic heterocycles. The van der Waals surface area contributed by atoms with Crippen LogP contribution < -0.4 is 43.4 Å². The van der Waals surface area contributed by atoms with E-state index in [4.69, 9.17) is 16.2 Å². The Balaban J connectivity index is 2.69. The van der Waals surface area contributed by atoms with Crippen molar-refractivity contribution in [3.05, 3.63) is 72.5 Å². The second-order valence-electron chi connectivity index (χ2n) is 17.8. The van der Waals surface area contributed by atoms with Crippen LogP contribution in [0.25, 0.3) is 0 Å². The number of carbonyl (C=O) groups is 9. The van der Waals surface area contributed by atoms with Gasteiger partial charge in [-0.3, -0.25) is 38.6 Å². The number of hydrogen-bond acceptors (Lipinski definition) is 11. The van der Waals surface area contributed by atoms with Crippen molar-refractivity contribution in [2.24, 2.45) is 40.1 Å². The number of nitrogens with one attached hydrogen (secondary N) is 6. The summed E-state index contributed by atoms with van der Waals surface area (Å²) in [5, 5.41) is 35.4. The Morgan fingerprint density at radius 2 is 1.44 bits per heavy atom. The molecule has 386 valence electrons. The van der Waals surface area contributed by atoms with Crippen molar-refractivity contribution >= 4 is 59.2 Å². The number of ether oxygens (including phenoxy) is 1. The number of amides is 7. The number of hydrogen-bond donors (Lipinski definition) is 10. The molecule has 10 atom stereocenters. The van der Waals surface area contributed by atoms with E-state index < -0.39 is 120 Å². The molecule has 0 spiro atoms. The topological polar surface area (TPSA) is 343 Å². The lowest BCUT2D eigenvalue weighted by Gasteiger charge is -2.28. The summed E-state index contributed by atoms with van der Waals surface area (Å²) in [7, 11) is 2.81. The highest BCUT2D eigenvalue weighted by Gasteiger charge is 2.37. The predicted octanol–water partition coefficient (Wildman–Crippen LogP) is 0.228. The SMILES string of the molecule is C=C1C(=O)N[C@H](C)C(=O)NC(CC(C)C)C(=O)NC(C(=O)O)[C@H](C)C(=O)NC(CCCN=C(N)N)C(=O)N[C@@H](/C=C/C=C/[C@H](C)[C@H](Cc2ccccc2)OC)[C@H](C)C(=O)N[C@@H](C(=O)O)CCC(=O)N1C. The highest BCUT2D eigenvalue weighted by molar-refractivity contribution is 6.00. The van der Waals surface area contributed by atoms with Crippen molar-refractivity contribution in [2.75, 3.05) is 20.7 Å². The predicted molar refractivity (Wildman–Crippen MR) is 260 cm³/mol. The van der Waals surface area contributed by atoms with E-state index in [1.807, 2.05) is 43.3 Å². The number of nitrogens with two attached hydrogens (primary N) is 2. The maximum absolute atomic E-state index is 14.3. The van der Waals surface area contributed by atoms with Crippen molar-refractivity contribution in [1.82, 2.24) is 36.8 Å². The van der Waals surface area contributed by atoms with E-state index >= 15 is 0 Å². The number of nitrogens with zero attached hydrogens (tertiary/aromatic N) is 2. The summed E-state index contributed by atoms with van der Waals surface area (Å²) in [6.07, 6.45) is 6.14. The van der Waals surface area contributed by atoms with Crippen LogP contribution >= 0.6 is 0 Å². The molecule has 70 heavy (non-hydrogen) atoms. The summed E-state index contributed by atoms with van der Waals surface area (Å²) in [4.78, 5) is 125. The average Bonchev–Trinajstić information content (AvgIpc) is 3.30. The average molecular weight is 981 g/mol. The smallest absolute Gasteiger partial charge is 0.327 e. The highest BCUT2D eigenvalue weighted by Crippen LogP contribution is 2.17. The van der Waals surface area contributed by atoms with Gasteiger partial charge in [-0.05, 0) is 50.5 Å². The third kappa shape index (κ3) is 19.5. The van der Waals surface area contributed by atoms with E-state index in [1.54, 1.807) is 33.1 Å². The van der Waals surface area contributed by atoms with Crippen molar-refractivity contribution < 1.29 is 58.1 Å². The van der Waals surface area contributed by atoms with Gasteiger partial charge in [-0.25, -0.2) is 9.59 Å². The van der Waals surface area contributed by atoms with E-state index in [0.717, 1.165) is 10.5 Å². The lowest BCUT2D eigenvalue weighted by molar-refractivity contribution is -0.146. The van der Waals surface area contributed by atoms with Crippen LogP contribution in [0, 0.1) is 23.7 Å². The van der Waals surface area contributed by atoms with Gasteiger partial charge < -0.3 is 63.2 Å². The summed E-state index contributed by atoms with van der Waals surface area (Å²) < 4.78 is 5.76. The fourth-order valence-corrected chi connectivity index (χ4v) is 7.17. The van der Waals surface area contributed by atoms with E-state index in [0.29, 0.717) is 6.42 Å². The van der Waals surface area contributed by atoms with Crippen LogP contribution in [-0.4, -0.2) is 137 Å². The molecule has 0 bridgehead atoms. The molecule has 2 rings (SSSR count). The van der Waals surface area contributed by atoms with Crippen molar-refractivity contribution in [3.8, 4) is 0 Å². The van der Waals surface area contributed by atoms with Gasteiger partial charge in [0.1, 0.15) is 35.9 Å². The molecule has 12 N–H and O–H groups in total. The Labute approximate surface area is 408 Å². The molecule has 1 saturated heterocycles. The van der Waals surface area contributed by atoms with Gasteiger partial charge in [0.25, 0.3) is 5.91 Å². The quantitative estimate of drug-likeness (QED) is 0.0370. The molecule has 1 aliphatic rings. The summed E-state index contributed by atoms with van der Waals surface area (Å²) in [5.74, 6) is -12.6. The van der Waals surface area contributed by atoms with E-state index in [-0.39, 0.29) is 49.7 Å². The minimum absolute atomic E-state index is 0.00658. The number of aliphatic carboxylic acids is 2. The van der Waals surface area contributed by atoms with Crippen LogP contribution in [0.1, 0.15) is 79.2 Å². The monoisotopic (exact) mass is 981 g/mol. The third-order valence-corrected chi connectivity index (χ3v) is 11.7. The first-order chi connectivity index (χ1) is 32.9. The van der Waals surface area contributed by atoms with Gasteiger partial charge in [0, 0.05) is 33.0 Å². The molecule has 1 fully saturated rings. The fraction of sp³-hybridized carbons (Fsp3) is 0.542.